The molecule has 3 heteroatoms. The lowest BCUT2D eigenvalue weighted by Crippen LogP contribution is -2.59. The van der Waals surface area contributed by atoms with E-state index in [1.165, 1.54) is 5.56 Å². The molecule has 0 aliphatic carbocycles. The minimum atomic E-state index is -0.160. The van der Waals surface area contributed by atoms with Crippen molar-refractivity contribution < 1.29 is 4.74 Å². The number of piperazine rings is 1. The average Bonchev–Trinajstić information content (AvgIpc) is 2.35. The fourth-order valence-electron chi connectivity index (χ4n) is 2.34. The zero-order valence-electron chi connectivity index (χ0n) is 11.0. The summed E-state index contributed by atoms with van der Waals surface area (Å²) in [5, 5.41) is 0. The van der Waals surface area contributed by atoms with Gasteiger partial charge in [-0.25, -0.2) is 0 Å². The highest BCUT2D eigenvalue weighted by atomic mass is 16.5. The van der Waals surface area contributed by atoms with Crippen molar-refractivity contribution in [3.8, 4) is 0 Å². The first-order chi connectivity index (χ1) is 8.14. The van der Waals surface area contributed by atoms with Crippen molar-refractivity contribution in [1.82, 2.24) is 9.80 Å². The van der Waals surface area contributed by atoms with Gasteiger partial charge in [-0.1, -0.05) is 30.3 Å². The van der Waals surface area contributed by atoms with Crippen LogP contribution in [0.15, 0.2) is 30.3 Å². The van der Waals surface area contributed by atoms with Crippen LogP contribution >= 0.6 is 0 Å². The van der Waals surface area contributed by atoms with Crippen LogP contribution in [-0.4, -0.2) is 49.3 Å². The fourth-order valence-corrected chi connectivity index (χ4v) is 2.34. The summed E-state index contributed by atoms with van der Waals surface area (Å²) in [7, 11) is 3.92. The van der Waals surface area contributed by atoms with Gasteiger partial charge in [0.15, 0.2) is 0 Å². The Morgan fingerprint density at radius 2 is 1.94 bits per heavy atom. The normalized spacial score (nSPS) is 27.2. The first kappa shape index (κ1) is 12.6. The van der Waals surface area contributed by atoms with Gasteiger partial charge in [-0.2, -0.15) is 0 Å². The van der Waals surface area contributed by atoms with E-state index in [1.807, 2.05) is 0 Å². The van der Waals surface area contributed by atoms with Gasteiger partial charge in [-0.15, -0.1) is 0 Å². The largest absolute Gasteiger partial charge is 0.363 e. The van der Waals surface area contributed by atoms with Gasteiger partial charge in [0.1, 0.15) is 5.72 Å². The first-order valence-corrected chi connectivity index (χ1v) is 6.17. The molecule has 0 spiro atoms. The van der Waals surface area contributed by atoms with E-state index in [-0.39, 0.29) is 5.72 Å². The molecule has 1 aromatic rings. The van der Waals surface area contributed by atoms with Crippen LogP contribution in [0.25, 0.3) is 0 Å². The smallest absolute Gasteiger partial charge is 0.131 e. The molecule has 0 saturated carbocycles. The number of ether oxygens (including phenoxy) is 1. The molecule has 1 heterocycles. The van der Waals surface area contributed by atoms with Crippen LogP contribution in [-0.2, 0) is 11.3 Å². The van der Waals surface area contributed by atoms with E-state index in [2.05, 4.69) is 54.1 Å². The average molecular weight is 234 g/mol. The van der Waals surface area contributed by atoms with Crippen molar-refractivity contribution in [1.29, 1.82) is 0 Å². The molecule has 1 aromatic carbocycles. The third-order valence-electron chi connectivity index (χ3n) is 3.76. The van der Waals surface area contributed by atoms with E-state index in [1.54, 1.807) is 7.11 Å². The van der Waals surface area contributed by atoms with Gasteiger partial charge in [-0.3, -0.25) is 9.80 Å². The van der Waals surface area contributed by atoms with Crippen LogP contribution in [0.3, 0.4) is 0 Å². The summed E-state index contributed by atoms with van der Waals surface area (Å²) in [5.74, 6) is 0. The Morgan fingerprint density at radius 1 is 1.24 bits per heavy atom. The number of hydrogen-bond acceptors (Lipinski definition) is 3. The van der Waals surface area contributed by atoms with Crippen LogP contribution in [0.1, 0.15) is 12.5 Å². The number of nitrogens with zero attached hydrogens (tertiary/aromatic N) is 2. The molecule has 0 bridgehead atoms. The molecule has 0 amide bonds. The van der Waals surface area contributed by atoms with Gasteiger partial charge in [0.05, 0.1) is 0 Å². The van der Waals surface area contributed by atoms with Gasteiger partial charge in [0.2, 0.25) is 0 Å². The van der Waals surface area contributed by atoms with E-state index in [0.717, 1.165) is 26.2 Å². The van der Waals surface area contributed by atoms with E-state index < -0.39 is 0 Å². The number of likely N-dealkylation sites (N-methyl/N-ethyl adjacent to an activating group) is 1. The standard InChI is InChI=1S/C14H22N2O/c1-14(17-3)12-16(10-9-15(14)2)11-13-7-5-4-6-8-13/h4-8H,9-12H2,1-3H3. The second-order valence-electron chi connectivity index (χ2n) is 5.00. The summed E-state index contributed by atoms with van der Waals surface area (Å²) < 4.78 is 5.64. The summed E-state index contributed by atoms with van der Waals surface area (Å²) >= 11 is 0. The lowest BCUT2D eigenvalue weighted by Gasteiger charge is -2.46. The maximum absolute atomic E-state index is 5.64. The molecular weight excluding hydrogens is 212 g/mol. The molecule has 3 nitrogen and oxygen atoms in total. The molecule has 1 fully saturated rings. The van der Waals surface area contributed by atoms with Crippen molar-refractivity contribution in [3.63, 3.8) is 0 Å². The summed E-state index contributed by atoms with van der Waals surface area (Å²) in [6.07, 6.45) is 0. The van der Waals surface area contributed by atoms with Crippen molar-refractivity contribution in [3.05, 3.63) is 35.9 Å². The van der Waals surface area contributed by atoms with Crippen molar-refractivity contribution >= 4 is 0 Å². The number of rotatable bonds is 3. The number of methoxy groups -OCH3 is 1. The summed E-state index contributed by atoms with van der Waals surface area (Å²) in [6.45, 7) is 6.27. The van der Waals surface area contributed by atoms with Crippen LogP contribution in [0.4, 0.5) is 0 Å². The second-order valence-corrected chi connectivity index (χ2v) is 5.00. The minimum Gasteiger partial charge on any atom is -0.363 e. The predicted octanol–water partition coefficient (Wildman–Crippen LogP) is 1.80. The molecule has 1 atom stereocenters. The summed E-state index contributed by atoms with van der Waals surface area (Å²) in [5.41, 5.74) is 1.21. The second kappa shape index (κ2) is 5.17. The van der Waals surface area contributed by atoms with E-state index in [4.69, 9.17) is 4.74 Å². The van der Waals surface area contributed by atoms with Gasteiger partial charge < -0.3 is 4.74 Å². The van der Waals surface area contributed by atoms with E-state index in [9.17, 15) is 0 Å². The molecule has 0 aromatic heterocycles. The molecule has 1 saturated heterocycles. The molecule has 1 aliphatic heterocycles. The van der Waals surface area contributed by atoms with Crippen LogP contribution < -0.4 is 0 Å². The molecule has 0 N–H and O–H groups in total. The van der Waals surface area contributed by atoms with Gasteiger partial charge in [0.25, 0.3) is 0 Å². The number of benzene rings is 1. The highest BCUT2D eigenvalue weighted by Crippen LogP contribution is 2.21. The fraction of sp³-hybridized carbons (Fsp3) is 0.571. The van der Waals surface area contributed by atoms with Crippen LogP contribution in [0.5, 0.6) is 0 Å². The topological polar surface area (TPSA) is 15.7 Å². The Hall–Kier alpha value is -0.900. The summed E-state index contributed by atoms with van der Waals surface area (Å²) in [4.78, 5) is 4.74. The third kappa shape index (κ3) is 2.86. The van der Waals surface area contributed by atoms with E-state index in [0.29, 0.717) is 0 Å². The van der Waals surface area contributed by atoms with E-state index >= 15 is 0 Å². The Labute approximate surface area is 104 Å². The van der Waals surface area contributed by atoms with Crippen molar-refractivity contribution in [2.24, 2.45) is 0 Å². The van der Waals surface area contributed by atoms with Crippen LogP contribution in [0, 0.1) is 0 Å². The lowest BCUT2D eigenvalue weighted by molar-refractivity contribution is -0.152. The zero-order valence-corrected chi connectivity index (χ0v) is 11.0. The molecule has 94 valence electrons. The third-order valence-corrected chi connectivity index (χ3v) is 3.76. The Morgan fingerprint density at radius 3 is 2.59 bits per heavy atom. The van der Waals surface area contributed by atoms with Gasteiger partial charge in [0, 0.05) is 33.3 Å². The Bertz CT molecular complexity index is 354. The van der Waals surface area contributed by atoms with Crippen molar-refractivity contribution in [2.45, 2.75) is 19.2 Å². The monoisotopic (exact) mass is 234 g/mol. The molecule has 1 unspecified atom stereocenters. The first-order valence-electron chi connectivity index (χ1n) is 6.17. The molecule has 17 heavy (non-hydrogen) atoms. The van der Waals surface area contributed by atoms with Crippen molar-refractivity contribution in [2.75, 3.05) is 33.8 Å². The Kier molecular flexibility index (Phi) is 3.82. The maximum Gasteiger partial charge on any atom is 0.131 e. The van der Waals surface area contributed by atoms with Gasteiger partial charge >= 0.3 is 0 Å². The maximum atomic E-state index is 5.64. The highest BCUT2D eigenvalue weighted by Gasteiger charge is 2.35. The minimum absolute atomic E-state index is 0.160. The molecule has 2 rings (SSSR count). The van der Waals surface area contributed by atoms with Gasteiger partial charge in [-0.05, 0) is 19.5 Å². The lowest BCUT2D eigenvalue weighted by atomic mass is 10.1. The predicted molar refractivity (Wildman–Crippen MR) is 69.8 cm³/mol. The molecular formula is C14H22N2O. The van der Waals surface area contributed by atoms with Crippen LogP contribution in [0.2, 0.25) is 0 Å². The Balaban J connectivity index is 2.00. The SMILES string of the molecule is COC1(C)CN(Cc2ccccc2)CCN1C. The highest BCUT2D eigenvalue weighted by molar-refractivity contribution is 5.14. The molecule has 1 aliphatic rings. The summed E-state index contributed by atoms with van der Waals surface area (Å²) in [6, 6.07) is 10.6. The quantitative estimate of drug-likeness (QED) is 0.793. The number of hydrogen-bond donors (Lipinski definition) is 0. The molecule has 0 radical (unpaired) electrons. The zero-order chi connectivity index (χ0) is 12.3.